The minimum Gasteiger partial charge on any atom is -0.377 e. The van der Waals surface area contributed by atoms with Crippen LogP contribution in [0, 0.1) is 0 Å². The van der Waals surface area contributed by atoms with Gasteiger partial charge in [-0.3, -0.25) is 4.79 Å². The zero-order valence-corrected chi connectivity index (χ0v) is 13.3. The standard InChI is InChI=1S/C20H21NO/c1-14(22)17-8-4-6-15(12-17)13-18-11-10-16-7-5-9-19(20(16)18)21(2)3/h4-12,18H,13H2,1-3H3. The first-order valence-corrected chi connectivity index (χ1v) is 7.64. The maximum Gasteiger partial charge on any atom is 0.159 e. The van der Waals surface area contributed by atoms with Gasteiger partial charge in [-0.1, -0.05) is 42.5 Å². The van der Waals surface area contributed by atoms with Crippen LogP contribution in [0.2, 0.25) is 0 Å². The van der Waals surface area contributed by atoms with Crippen LogP contribution in [0.5, 0.6) is 0 Å². The number of rotatable bonds is 4. The van der Waals surface area contributed by atoms with E-state index < -0.39 is 0 Å². The molecule has 0 aromatic heterocycles. The molecule has 0 heterocycles. The van der Waals surface area contributed by atoms with Gasteiger partial charge in [0, 0.05) is 31.3 Å². The molecular formula is C20H21NO. The Morgan fingerprint density at radius 1 is 1.14 bits per heavy atom. The van der Waals surface area contributed by atoms with Crippen molar-refractivity contribution in [2.24, 2.45) is 0 Å². The molecule has 1 aliphatic carbocycles. The number of hydrogen-bond donors (Lipinski definition) is 0. The van der Waals surface area contributed by atoms with Gasteiger partial charge in [0.1, 0.15) is 0 Å². The Morgan fingerprint density at radius 3 is 2.64 bits per heavy atom. The molecule has 2 heteroatoms. The molecule has 2 aromatic carbocycles. The van der Waals surface area contributed by atoms with E-state index in [2.05, 4.69) is 55.4 Å². The normalized spacial score (nSPS) is 15.7. The summed E-state index contributed by atoms with van der Waals surface area (Å²) in [5, 5.41) is 0. The SMILES string of the molecule is CC(=O)c1cccc(CC2C=Cc3cccc(N(C)C)c32)c1. The van der Waals surface area contributed by atoms with Gasteiger partial charge in [-0.2, -0.15) is 0 Å². The fraction of sp³-hybridized carbons (Fsp3) is 0.250. The lowest BCUT2D eigenvalue weighted by molar-refractivity contribution is 0.101. The monoisotopic (exact) mass is 291 g/mol. The van der Waals surface area contributed by atoms with Gasteiger partial charge in [-0.15, -0.1) is 0 Å². The summed E-state index contributed by atoms with van der Waals surface area (Å²) in [5.41, 5.74) is 5.97. The molecule has 2 aromatic rings. The van der Waals surface area contributed by atoms with Gasteiger partial charge in [0.25, 0.3) is 0 Å². The Balaban J connectivity index is 1.93. The van der Waals surface area contributed by atoms with Gasteiger partial charge in [-0.25, -0.2) is 0 Å². The summed E-state index contributed by atoms with van der Waals surface area (Å²) in [6.07, 6.45) is 5.41. The van der Waals surface area contributed by atoms with Gasteiger partial charge in [0.2, 0.25) is 0 Å². The first-order chi connectivity index (χ1) is 10.6. The van der Waals surface area contributed by atoms with Crippen LogP contribution in [0.3, 0.4) is 0 Å². The highest BCUT2D eigenvalue weighted by molar-refractivity contribution is 5.94. The molecule has 0 fully saturated rings. The van der Waals surface area contributed by atoms with Gasteiger partial charge in [0.15, 0.2) is 5.78 Å². The molecule has 1 atom stereocenters. The lowest BCUT2D eigenvalue weighted by Crippen LogP contribution is -2.13. The highest BCUT2D eigenvalue weighted by Gasteiger charge is 2.22. The highest BCUT2D eigenvalue weighted by Crippen LogP contribution is 2.38. The number of fused-ring (bicyclic) bond motifs is 1. The predicted octanol–water partition coefficient (Wildman–Crippen LogP) is 4.31. The number of carbonyl (C=O) groups excluding carboxylic acids is 1. The molecule has 2 nitrogen and oxygen atoms in total. The van der Waals surface area contributed by atoms with E-state index in [4.69, 9.17) is 0 Å². The fourth-order valence-corrected chi connectivity index (χ4v) is 3.17. The number of carbonyl (C=O) groups is 1. The predicted molar refractivity (Wildman–Crippen MR) is 92.7 cm³/mol. The largest absolute Gasteiger partial charge is 0.377 e. The second kappa shape index (κ2) is 5.80. The third kappa shape index (κ3) is 2.69. The number of ketones is 1. The Kier molecular flexibility index (Phi) is 3.84. The molecule has 0 aliphatic heterocycles. The first-order valence-electron chi connectivity index (χ1n) is 7.64. The lowest BCUT2D eigenvalue weighted by Gasteiger charge is -2.21. The average Bonchev–Trinajstić information content (AvgIpc) is 2.90. The quantitative estimate of drug-likeness (QED) is 0.782. The zero-order chi connectivity index (χ0) is 15.7. The second-order valence-electron chi connectivity index (χ2n) is 6.10. The molecule has 0 spiro atoms. The van der Waals surface area contributed by atoms with Crippen molar-refractivity contribution in [2.45, 2.75) is 19.3 Å². The molecule has 0 radical (unpaired) electrons. The van der Waals surface area contributed by atoms with Crippen molar-refractivity contribution < 1.29 is 4.79 Å². The number of hydrogen-bond acceptors (Lipinski definition) is 2. The number of allylic oxidation sites excluding steroid dienone is 1. The molecule has 22 heavy (non-hydrogen) atoms. The van der Waals surface area contributed by atoms with Crippen LogP contribution in [-0.2, 0) is 6.42 Å². The molecule has 1 unspecified atom stereocenters. The molecule has 1 aliphatic rings. The molecule has 0 amide bonds. The van der Waals surface area contributed by atoms with Crippen LogP contribution < -0.4 is 4.90 Å². The molecule has 0 bridgehead atoms. The van der Waals surface area contributed by atoms with E-state index in [9.17, 15) is 4.79 Å². The van der Waals surface area contributed by atoms with Crippen LogP contribution in [-0.4, -0.2) is 19.9 Å². The van der Waals surface area contributed by atoms with Crippen molar-refractivity contribution in [2.75, 3.05) is 19.0 Å². The minimum atomic E-state index is 0.123. The number of nitrogens with zero attached hydrogens (tertiary/aromatic N) is 1. The smallest absolute Gasteiger partial charge is 0.159 e. The Bertz CT molecular complexity index is 743. The van der Waals surface area contributed by atoms with Crippen molar-refractivity contribution in [3.05, 3.63) is 70.8 Å². The molecule has 3 rings (SSSR count). The molecule has 0 saturated heterocycles. The van der Waals surface area contributed by atoms with Crippen molar-refractivity contribution in [1.82, 2.24) is 0 Å². The van der Waals surface area contributed by atoms with Crippen molar-refractivity contribution >= 4 is 17.5 Å². The molecule has 0 saturated carbocycles. The number of anilines is 1. The van der Waals surface area contributed by atoms with Crippen LogP contribution in [0.1, 0.15) is 39.9 Å². The third-order valence-corrected chi connectivity index (χ3v) is 4.27. The van der Waals surface area contributed by atoms with E-state index in [-0.39, 0.29) is 5.78 Å². The van der Waals surface area contributed by atoms with E-state index in [0.29, 0.717) is 5.92 Å². The lowest BCUT2D eigenvalue weighted by atomic mass is 9.91. The van der Waals surface area contributed by atoms with Crippen molar-refractivity contribution in [3.8, 4) is 0 Å². The van der Waals surface area contributed by atoms with Crippen molar-refractivity contribution in [3.63, 3.8) is 0 Å². The van der Waals surface area contributed by atoms with Gasteiger partial charge in [-0.05, 0) is 42.2 Å². The van der Waals surface area contributed by atoms with E-state index in [1.54, 1.807) is 6.92 Å². The summed E-state index contributed by atoms with van der Waals surface area (Å²) >= 11 is 0. The van der Waals surface area contributed by atoms with E-state index in [1.165, 1.54) is 22.4 Å². The average molecular weight is 291 g/mol. The second-order valence-corrected chi connectivity index (χ2v) is 6.10. The highest BCUT2D eigenvalue weighted by atomic mass is 16.1. The van der Waals surface area contributed by atoms with Crippen LogP contribution in [0.15, 0.2) is 48.5 Å². The third-order valence-electron chi connectivity index (χ3n) is 4.27. The number of Topliss-reactive ketones (excluding diaryl/α,β-unsaturated/α-hetero) is 1. The fourth-order valence-electron chi connectivity index (χ4n) is 3.17. The van der Waals surface area contributed by atoms with Crippen LogP contribution in [0.4, 0.5) is 5.69 Å². The van der Waals surface area contributed by atoms with Gasteiger partial charge in [0.05, 0.1) is 0 Å². The van der Waals surface area contributed by atoms with Gasteiger partial charge >= 0.3 is 0 Å². The first kappa shape index (κ1) is 14.6. The summed E-state index contributed by atoms with van der Waals surface area (Å²) < 4.78 is 0. The maximum absolute atomic E-state index is 11.6. The van der Waals surface area contributed by atoms with E-state index >= 15 is 0 Å². The van der Waals surface area contributed by atoms with Crippen LogP contribution in [0.25, 0.3) is 6.08 Å². The topological polar surface area (TPSA) is 20.3 Å². The summed E-state index contributed by atoms with van der Waals surface area (Å²) in [4.78, 5) is 13.7. The molecule has 112 valence electrons. The van der Waals surface area contributed by atoms with E-state index in [1.807, 2.05) is 18.2 Å². The molecule has 0 N–H and O–H groups in total. The maximum atomic E-state index is 11.6. The summed E-state index contributed by atoms with van der Waals surface area (Å²) in [6, 6.07) is 14.4. The zero-order valence-electron chi connectivity index (χ0n) is 13.3. The molecular weight excluding hydrogens is 270 g/mol. The Hall–Kier alpha value is -2.35. The Labute approximate surface area is 132 Å². The van der Waals surface area contributed by atoms with Crippen molar-refractivity contribution in [1.29, 1.82) is 0 Å². The summed E-state index contributed by atoms with van der Waals surface area (Å²) in [5.74, 6) is 0.494. The van der Waals surface area contributed by atoms with E-state index in [0.717, 1.165) is 12.0 Å². The Morgan fingerprint density at radius 2 is 1.91 bits per heavy atom. The summed E-state index contributed by atoms with van der Waals surface area (Å²) in [7, 11) is 4.17. The van der Waals surface area contributed by atoms with Gasteiger partial charge < -0.3 is 4.90 Å². The minimum absolute atomic E-state index is 0.123. The summed E-state index contributed by atoms with van der Waals surface area (Å²) in [6.45, 7) is 1.62. The van der Waals surface area contributed by atoms with Crippen LogP contribution >= 0.6 is 0 Å². The number of benzene rings is 2.